The Bertz CT molecular complexity index is 671. The Morgan fingerprint density at radius 1 is 1.25 bits per heavy atom. The van der Waals surface area contributed by atoms with E-state index in [1.165, 1.54) is 4.90 Å². The van der Waals surface area contributed by atoms with E-state index in [9.17, 15) is 9.59 Å². The van der Waals surface area contributed by atoms with Crippen molar-refractivity contribution in [3.63, 3.8) is 0 Å². The molecular weight excluding hydrogens is 322 g/mol. The lowest BCUT2D eigenvalue weighted by molar-refractivity contribution is -0.126. The molecule has 20 heavy (non-hydrogen) atoms. The largest absolute Gasteiger partial charge is 0.362 e. The molecule has 5 heteroatoms. The van der Waals surface area contributed by atoms with E-state index in [0.29, 0.717) is 5.69 Å². The van der Waals surface area contributed by atoms with Crippen molar-refractivity contribution in [2.75, 3.05) is 4.90 Å². The van der Waals surface area contributed by atoms with Gasteiger partial charge < -0.3 is 4.74 Å². The van der Waals surface area contributed by atoms with Gasteiger partial charge in [0.15, 0.2) is 0 Å². The van der Waals surface area contributed by atoms with Gasteiger partial charge in [0.25, 0.3) is 0 Å². The fraction of sp³-hybridized carbons (Fsp3) is 0.333. The van der Waals surface area contributed by atoms with E-state index in [2.05, 4.69) is 15.9 Å². The SMILES string of the molecule is C[C@@]12C=C[C@@H](O1)[C@H]1C(=O)N(c3ccccc3Br)C(=O)[C@@H]12. The Morgan fingerprint density at radius 3 is 2.70 bits per heavy atom. The van der Waals surface area contributed by atoms with E-state index in [0.717, 1.165) is 4.47 Å². The molecule has 4 atom stereocenters. The topological polar surface area (TPSA) is 46.6 Å². The number of amides is 2. The van der Waals surface area contributed by atoms with Crippen LogP contribution >= 0.6 is 15.9 Å². The normalized spacial score (nSPS) is 37.9. The van der Waals surface area contributed by atoms with Gasteiger partial charge in [0.2, 0.25) is 11.8 Å². The minimum atomic E-state index is -0.641. The third-order valence-electron chi connectivity index (χ3n) is 4.42. The average molecular weight is 334 g/mol. The Kier molecular flexibility index (Phi) is 2.34. The van der Waals surface area contributed by atoms with Crippen LogP contribution in [0.1, 0.15) is 6.92 Å². The zero-order valence-electron chi connectivity index (χ0n) is 10.7. The molecule has 2 bridgehead atoms. The number of benzene rings is 1. The molecule has 1 aromatic rings. The van der Waals surface area contributed by atoms with Crippen LogP contribution in [0.2, 0.25) is 0 Å². The standard InChI is InChI=1S/C15H12BrNO3/c1-15-7-6-10(20-15)11-12(15)14(19)17(13(11)18)9-5-3-2-4-8(9)16/h2-7,10-12H,1H3/t10-,11-,12-,15+/m1/s1. The molecule has 0 aromatic heterocycles. The van der Waals surface area contributed by atoms with Crippen LogP contribution in [0.15, 0.2) is 40.9 Å². The van der Waals surface area contributed by atoms with Crippen LogP contribution in [0.4, 0.5) is 5.69 Å². The van der Waals surface area contributed by atoms with Crippen molar-refractivity contribution < 1.29 is 14.3 Å². The van der Waals surface area contributed by atoms with Gasteiger partial charge in [0.05, 0.1) is 29.2 Å². The monoisotopic (exact) mass is 333 g/mol. The maximum atomic E-state index is 12.7. The molecular formula is C15H12BrNO3. The summed E-state index contributed by atoms with van der Waals surface area (Å²) in [5, 5.41) is 0. The third kappa shape index (κ3) is 1.34. The van der Waals surface area contributed by atoms with Crippen molar-refractivity contribution in [3.8, 4) is 0 Å². The van der Waals surface area contributed by atoms with E-state index in [-0.39, 0.29) is 23.8 Å². The summed E-state index contributed by atoms with van der Waals surface area (Å²) in [5.41, 5.74) is -0.0298. The summed E-state index contributed by atoms with van der Waals surface area (Å²) in [6, 6.07) is 7.28. The second-order valence-electron chi connectivity index (χ2n) is 5.59. The first-order chi connectivity index (χ1) is 9.53. The molecule has 2 fully saturated rings. The number of nitrogens with zero attached hydrogens (tertiary/aromatic N) is 1. The lowest BCUT2D eigenvalue weighted by Gasteiger charge is -2.24. The molecule has 0 saturated carbocycles. The summed E-state index contributed by atoms with van der Waals surface area (Å²) in [7, 11) is 0. The highest BCUT2D eigenvalue weighted by Crippen LogP contribution is 2.52. The van der Waals surface area contributed by atoms with E-state index in [4.69, 9.17) is 4.74 Å². The first-order valence-corrected chi connectivity index (χ1v) is 7.32. The number of carbonyl (C=O) groups excluding carboxylic acids is 2. The summed E-state index contributed by atoms with van der Waals surface area (Å²) in [6.45, 7) is 1.88. The highest BCUT2D eigenvalue weighted by Gasteiger charge is 2.66. The van der Waals surface area contributed by atoms with Gasteiger partial charge in [0, 0.05) is 4.47 Å². The number of ether oxygens (including phenoxy) is 1. The molecule has 0 radical (unpaired) electrons. The zero-order valence-corrected chi connectivity index (χ0v) is 12.3. The molecule has 0 spiro atoms. The molecule has 0 N–H and O–H groups in total. The van der Waals surface area contributed by atoms with E-state index < -0.39 is 11.5 Å². The maximum absolute atomic E-state index is 12.7. The summed E-state index contributed by atoms with van der Waals surface area (Å²) in [5.74, 6) is -1.12. The average Bonchev–Trinajstić information content (AvgIpc) is 3.01. The highest BCUT2D eigenvalue weighted by atomic mass is 79.9. The number of para-hydroxylation sites is 1. The smallest absolute Gasteiger partial charge is 0.241 e. The molecule has 2 saturated heterocycles. The highest BCUT2D eigenvalue weighted by molar-refractivity contribution is 9.10. The lowest BCUT2D eigenvalue weighted by atomic mass is 9.78. The van der Waals surface area contributed by atoms with Crippen molar-refractivity contribution in [1.29, 1.82) is 0 Å². The van der Waals surface area contributed by atoms with Crippen molar-refractivity contribution in [1.82, 2.24) is 0 Å². The second-order valence-corrected chi connectivity index (χ2v) is 6.45. The van der Waals surface area contributed by atoms with Crippen molar-refractivity contribution in [2.45, 2.75) is 18.6 Å². The summed E-state index contributed by atoms with van der Waals surface area (Å²) in [6.07, 6.45) is 3.54. The first kappa shape index (κ1) is 12.3. The van der Waals surface area contributed by atoms with Crippen LogP contribution in [0.3, 0.4) is 0 Å². The quantitative estimate of drug-likeness (QED) is 0.585. The van der Waals surface area contributed by atoms with Gasteiger partial charge >= 0.3 is 0 Å². The molecule has 0 unspecified atom stereocenters. The van der Waals surface area contributed by atoms with E-state index in [1.54, 1.807) is 6.07 Å². The second kappa shape index (κ2) is 3.80. The minimum absolute atomic E-state index is 0.162. The molecule has 3 aliphatic heterocycles. The van der Waals surface area contributed by atoms with Gasteiger partial charge in [0.1, 0.15) is 0 Å². The summed E-state index contributed by atoms with van der Waals surface area (Å²) >= 11 is 3.41. The van der Waals surface area contributed by atoms with Gasteiger partial charge in [-0.05, 0) is 35.0 Å². The van der Waals surface area contributed by atoms with Crippen LogP contribution in [0, 0.1) is 11.8 Å². The maximum Gasteiger partial charge on any atom is 0.241 e. The number of halogens is 1. The Morgan fingerprint density at radius 2 is 2.00 bits per heavy atom. The Hall–Kier alpha value is -1.46. The Balaban J connectivity index is 1.82. The fourth-order valence-electron chi connectivity index (χ4n) is 3.52. The molecule has 4 rings (SSSR count). The number of hydrogen-bond donors (Lipinski definition) is 0. The molecule has 3 aliphatic rings. The zero-order chi connectivity index (χ0) is 14.1. The van der Waals surface area contributed by atoms with Crippen LogP contribution in [0.25, 0.3) is 0 Å². The number of rotatable bonds is 1. The van der Waals surface area contributed by atoms with E-state index in [1.807, 2.05) is 37.3 Å². The molecule has 102 valence electrons. The van der Waals surface area contributed by atoms with E-state index >= 15 is 0 Å². The fourth-order valence-corrected chi connectivity index (χ4v) is 3.99. The van der Waals surface area contributed by atoms with Crippen LogP contribution in [-0.2, 0) is 14.3 Å². The van der Waals surface area contributed by atoms with Crippen molar-refractivity contribution >= 4 is 33.4 Å². The summed E-state index contributed by atoms with van der Waals surface area (Å²) < 4.78 is 6.53. The van der Waals surface area contributed by atoms with Gasteiger partial charge in [-0.2, -0.15) is 0 Å². The number of fused-ring (bicyclic) bond motifs is 5. The van der Waals surface area contributed by atoms with Crippen molar-refractivity contribution in [2.24, 2.45) is 11.8 Å². The number of anilines is 1. The predicted octanol–water partition coefficient (Wildman–Crippen LogP) is 2.28. The molecule has 4 nitrogen and oxygen atoms in total. The number of carbonyl (C=O) groups is 2. The van der Waals surface area contributed by atoms with Gasteiger partial charge in [-0.1, -0.05) is 24.3 Å². The first-order valence-electron chi connectivity index (χ1n) is 6.52. The lowest BCUT2D eigenvalue weighted by Crippen LogP contribution is -2.38. The van der Waals surface area contributed by atoms with Crippen LogP contribution < -0.4 is 4.90 Å². The third-order valence-corrected chi connectivity index (χ3v) is 5.09. The van der Waals surface area contributed by atoms with Crippen molar-refractivity contribution in [3.05, 3.63) is 40.9 Å². The number of imide groups is 1. The number of hydrogen-bond acceptors (Lipinski definition) is 3. The minimum Gasteiger partial charge on any atom is -0.362 e. The molecule has 0 aliphatic carbocycles. The van der Waals surface area contributed by atoms with Crippen LogP contribution in [0.5, 0.6) is 0 Å². The van der Waals surface area contributed by atoms with Gasteiger partial charge in [-0.25, -0.2) is 4.90 Å². The van der Waals surface area contributed by atoms with Gasteiger partial charge in [-0.3, -0.25) is 9.59 Å². The van der Waals surface area contributed by atoms with Gasteiger partial charge in [-0.15, -0.1) is 0 Å². The molecule has 2 amide bonds. The Labute approximate surface area is 124 Å². The molecule has 3 heterocycles. The predicted molar refractivity (Wildman–Crippen MR) is 76.0 cm³/mol. The van der Waals surface area contributed by atoms with Crippen LogP contribution in [-0.4, -0.2) is 23.5 Å². The molecule has 1 aromatic carbocycles. The summed E-state index contributed by atoms with van der Waals surface area (Å²) in [4.78, 5) is 26.7.